The molecule has 6 nitrogen and oxygen atoms in total. The second kappa shape index (κ2) is 8.48. The maximum absolute atomic E-state index is 13.2. The summed E-state index contributed by atoms with van der Waals surface area (Å²) in [5.41, 5.74) is 0.724. The van der Waals surface area contributed by atoms with E-state index in [2.05, 4.69) is 28.4 Å². The Bertz CT molecular complexity index is 892. The molecule has 0 saturated heterocycles. The van der Waals surface area contributed by atoms with E-state index < -0.39 is 17.5 Å². The van der Waals surface area contributed by atoms with Crippen molar-refractivity contribution in [2.75, 3.05) is 12.4 Å². The van der Waals surface area contributed by atoms with Crippen LogP contribution in [-0.2, 0) is 9.53 Å². The van der Waals surface area contributed by atoms with Crippen LogP contribution in [0.3, 0.4) is 0 Å². The molecule has 1 amide bonds. The van der Waals surface area contributed by atoms with Crippen LogP contribution in [0.5, 0.6) is 0 Å². The van der Waals surface area contributed by atoms with Gasteiger partial charge < -0.3 is 10.1 Å². The number of nitrogens with zero attached hydrogens (tertiary/aromatic N) is 2. The molecule has 0 aliphatic heterocycles. The molecule has 0 unspecified atom stereocenters. The van der Waals surface area contributed by atoms with E-state index in [4.69, 9.17) is 4.74 Å². The van der Waals surface area contributed by atoms with Crippen molar-refractivity contribution in [3.8, 4) is 0 Å². The number of ether oxygens (including phenoxy) is 1. The fourth-order valence-electron chi connectivity index (χ4n) is 2.03. The SMILES string of the molecule is C=C(F)/C=C(\C(=C)OC)c1cc(NC(=O)C(=O)c2ccccc2)ncn1. The van der Waals surface area contributed by atoms with Crippen LogP contribution in [0.4, 0.5) is 10.2 Å². The lowest BCUT2D eigenvalue weighted by Gasteiger charge is -2.10. The third-order valence-electron chi connectivity index (χ3n) is 3.27. The summed E-state index contributed by atoms with van der Waals surface area (Å²) in [5.74, 6) is -2.06. The smallest absolute Gasteiger partial charge is 0.297 e. The molecular formula is C19H16FN3O3. The highest BCUT2D eigenvalue weighted by Crippen LogP contribution is 2.23. The van der Waals surface area contributed by atoms with Gasteiger partial charge in [0.1, 0.15) is 23.7 Å². The predicted molar refractivity (Wildman–Crippen MR) is 95.8 cm³/mol. The fraction of sp³-hybridized carbons (Fsp3) is 0.0526. The van der Waals surface area contributed by atoms with Crippen LogP contribution in [0.1, 0.15) is 16.1 Å². The molecule has 0 aliphatic rings. The number of rotatable bonds is 7. The highest BCUT2D eigenvalue weighted by molar-refractivity contribution is 6.46. The Balaban J connectivity index is 2.26. The first-order valence-corrected chi connectivity index (χ1v) is 7.45. The Labute approximate surface area is 149 Å². The van der Waals surface area contributed by atoms with Crippen LogP contribution in [-0.4, -0.2) is 28.8 Å². The Morgan fingerprint density at radius 3 is 2.50 bits per heavy atom. The van der Waals surface area contributed by atoms with Gasteiger partial charge in [-0.15, -0.1) is 0 Å². The molecule has 0 spiro atoms. The quantitative estimate of drug-likeness (QED) is 0.357. The van der Waals surface area contributed by atoms with Crippen molar-refractivity contribution in [3.63, 3.8) is 0 Å². The minimum absolute atomic E-state index is 0.0727. The molecular weight excluding hydrogens is 337 g/mol. The number of amides is 1. The van der Waals surface area contributed by atoms with Gasteiger partial charge in [0.25, 0.3) is 11.7 Å². The third-order valence-corrected chi connectivity index (χ3v) is 3.27. The fourth-order valence-corrected chi connectivity index (χ4v) is 2.03. The lowest BCUT2D eigenvalue weighted by atomic mass is 10.1. The van der Waals surface area contributed by atoms with E-state index in [0.29, 0.717) is 0 Å². The van der Waals surface area contributed by atoms with Crippen LogP contribution in [0, 0.1) is 0 Å². The molecule has 0 saturated carbocycles. The number of nitrogens with one attached hydrogen (secondary N) is 1. The van der Waals surface area contributed by atoms with E-state index in [9.17, 15) is 14.0 Å². The molecule has 2 rings (SSSR count). The average molecular weight is 353 g/mol. The number of allylic oxidation sites excluding steroid dienone is 3. The Kier molecular flexibility index (Phi) is 6.10. The molecule has 132 valence electrons. The number of aromatic nitrogens is 2. The summed E-state index contributed by atoms with van der Waals surface area (Å²) in [7, 11) is 1.37. The van der Waals surface area contributed by atoms with Gasteiger partial charge in [0.15, 0.2) is 0 Å². The normalized spacial score (nSPS) is 10.8. The summed E-state index contributed by atoms with van der Waals surface area (Å²) < 4.78 is 18.2. The lowest BCUT2D eigenvalue weighted by Crippen LogP contribution is -2.23. The van der Waals surface area contributed by atoms with Gasteiger partial charge >= 0.3 is 0 Å². The summed E-state index contributed by atoms with van der Waals surface area (Å²) >= 11 is 0. The van der Waals surface area contributed by atoms with Gasteiger partial charge in [0, 0.05) is 17.2 Å². The second-order valence-corrected chi connectivity index (χ2v) is 5.07. The standard InChI is InChI=1S/C19H16FN3O3/c1-12(20)9-15(13(2)26-3)16-10-17(22-11-21-16)23-19(25)18(24)14-7-5-4-6-8-14/h4-11H,1-2H2,3H3,(H,21,22,23,25)/b15-9+. The summed E-state index contributed by atoms with van der Waals surface area (Å²) in [6.45, 7) is 6.83. The maximum Gasteiger partial charge on any atom is 0.297 e. The van der Waals surface area contributed by atoms with Crippen molar-refractivity contribution < 1.29 is 18.7 Å². The topological polar surface area (TPSA) is 81.2 Å². The first-order chi connectivity index (χ1) is 12.4. The maximum atomic E-state index is 13.2. The summed E-state index contributed by atoms with van der Waals surface area (Å²) in [5, 5.41) is 2.39. The van der Waals surface area contributed by atoms with Crippen LogP contribution < -0.4 is 5.32 Å². The molecule has 1 N–H and O–H groups in total. The zero-order valence-electron chi connectivity index (χ0n) is 14.0. The number of Topliss-reactive ketones (excluding diaryl/α,β-unsaturated/α-hetero) is 1. The van der Waals surface area contributed by atoms with Crippen molar-refractivity contribution in [1.29, 1.82) is 0 Å². The van der Waals surface area contributed by atoms with Crippen LogP contribution in [0.2, 0.25) is 0 Å². The summed E-state index contributed by atoms with van der Waals surface area (Å²) in [6, 6.07) is 9.48. The highest BCUT2D eigenvalue weighted by atomic mass is 19.1. The van der Waals surface area contributed by atoms with Gasteiger partial charge in [0.05, 0.1) is 12.8 Å². The van der Waals surface area contributed by atoms with Gasteiger partial charge in [-0.25, -0.2) is 14.4 Å². The minimum Gasteiger partial charge on any atom is -0.497 e. The largest absolute Gasteiger partial charge is 0.497 e. The number of ketones is 1. The molecule has 0 bridgehead atoms. The lowest BCUT2D eigenvalue weighted by molar-refractivity contribution is -0.112. The van der Waals surface area contributed by atoms with Crippen molar-refractivity contribution in [1.82, 2.24) is 9.97 Å². The zero-order chi connectivity index (χ0) is 19.1. The molecule has 2 aromatic rings. The molecule has 0 fully saturated rings. The Morgan fingerprint density at radius 1 is 1.19 bits per heavy atom. The van der Waals surface area contributed by atoms with Crippen LogP contribution in [0.15, 0.2) is 73.5 Å². The van der Waals surface area contributed by atoms with E-state index in [0.717, 1.165) is 12.4 Å². The number of carbonyl (C=O) groups excluding carboxylic acids is 2. The van der Waals surface area contributed by atoms with Crippen LogP contribution >= 0.6 is 0 Å². The van der Waals surface area contributed by atoms with Crippen LogP contribution in [0.25, 0.3) is 5.57 Å². The van der Waals surface area contributed by atoms with Crippen molar-refractivity contribution in [2.24, 2.45) is 0 Å². The number of anilines is 1. The van der Waals surface area contributed by atoms with E-state index in [1.807, 2.05) is 0 Å². The number of halogens is 1. The monoisotopic (exact) mass is 353 g/mol. The molecule has 0 radical (unpaired) electrons. The zero-order valence-corrected chi connectivity index (χ0v) is 14.0. The molecule has 7 heteroatoms. The van der Waals surface area contributed by atoms with E-state index in [1.165, 1.54) is 25.3 Å². The van der Waals surface area contributed by atoms with E-state index in [1.54, 1.807) is 18.2 Å². The summed E-state index contributed by atoms with van der Waals surface area (Å²) in [6.07, 6.45) is 2.25. The first-order valence-electron chi connectivity index (χ1n) is 7.45. The molecule has 26 heavy (non-hydrogen) atoms. The highest BCUT2D eigenvalue weighted by Gasteiger charge is 2.17. The minimum atomic E-state index is -0.855. The number of benzene rings is 1. The molecule has 0 aliphatic carbocycles. The van der Waals surface area contributed by atoms with E-state index in [-0.39, 0.29) is 28.4 Å². The molecule has 0 atom stereocenters. The Morgan fingerprint density at radius 2 is 1.88 bits per heavy atom. The van der Waals surface area contributed by atoms with Gasteiger partial charge in [0.2, 0.25) is 0 Å². The number of methoxy groups -OCH3 is 1. The third kappa shape index (κ3) is 4.70. The Hall–Kier alpha value is -3.61. The molecule has 1 aromatic carbocycles. The second-order valence-electron chi connectivity index (χ2n) is 5.07. The molecule has 1 aromatic heterocycles. The first kappa shape index (κ1) is 18.7. The average Bonchev–Trinajstić information content (AvgIpc) is 2.65. The van der Waals surface area contributed by atoms with Crippen molar-refractivity contribution in [2.45, 2.75) is 0 Å². The number of hydrogen-bond acceptors (Lipinski definition) is 5. The number of hydrogen-bond donors (Lipinski definition) is 1. The van der Waals surface area contributed by atoms with Gasteiger partial charge in [-0.1, -0.05) is 43.5 Å². The van der Waals surface area contributed by atoms with Crippen molar-refractivity contribution in [3.05, 3.63) is 84.8 Å². The number of carbonyl (C=O) groups is 2. The van der Waals surface area contributed by atoms with E-state index >= 15 is 0 Å². The van der Waals surface area contributed by atoms with Gasteiger partial charge in [-0.05, 0) is 6.08 Å². The van der Waals surface area contributed by atoms with Gasteiger partial charge in [-0.3, -0.25) is 9.59 Å². The van der Waals surface area contributed by atoms with Gasteiger partial charge in [-0.2, -0.15) is 0 Å². The summed E-state index contributed by atoms with van der Waals surface area (Å²) in [4.78, 5) is 32.1. The van der Waals surface area contributed by atoms with Crippen molar-refractivity contribution >= 4 is 23.1 Å². The predicted octanol–water partition coefficient (Wildman–Crippen LogP) is 3.32. The molecule has 1 heterocycles.